The first-order valence-corrected chi connectivity index (χ1v) is 5.90. The predicted molar refractivity (Wildman–Crippen MR) is 72.5 cm³/mol. The van der Waals surface area contributed by atoms with Crippen LogP contribution in [0.4, 0.5) is 0 Å². The van der Waals surface area contributed by atoms with Crippen molar-refractivity contribution in [1.82, 2.24) is 0 Å². The van der Waals surface area contributed by atoms with E-state index in [1.807, 2.05) is 0 Å². The van der Waals surface area contributed by atoms with Gasteiger partial charge in [-0.2, -0.15) is 0 Å². The van der Waals surface area contributed by atoms with Crippen molar-refractivity contribution in [3.63, 3.8) is 0 Å². The molecule has 0 unspecified atom stereocenters. The third-order valence-electron chi connectivity index (χ3n) is 3.09. The van der Waals surface area contributed by atoms with Gasteiger partial charge in [0.15, 0.2) is 0 Å². The molecule has 0 radical (unpaired) electrons. The Morgan fingerprint density at radius 3 is 1.87 bits per heavy atom. The maximum atomic E-state index is 2.32. The van der Waals surface area contributed by atoms with Crippen molar-refractivity contribution in [2.75, 3.05) is 0 Å². The molecule has 2 heteroatoms. The molecule has 1 rings (SSSR count). The maximum absolute atomic E-state index is 2.32. The first-order valence-electron chi connectivity index (χ1n) is 5.90. The summed E-state index contributed by atoms with van der Waals surface area (Å²) in [5.74, 6) is 2.32. The van der Waals surface area contributed by atoms with Gasteiger partial charge in [-0.05, 0) is 0 Å². The molecule has 0 aliphatic rings. The fourth-order valence-electron chi connectivity index (χ4n) is 2.33. The van der Waals surface area contributed by atoms with Gasteiger partial charge >= 0.3 is 118 Å². The van der Waals surface area contributed by atoms with Gasteiger partial charge in [-0.15, -0.1) is 0 Å². The first kappa shape index (κ1) is 15.4. The minimum atomic E-state index is 0. The molecule has 0 atom stereocenters. The van der Waals surface area contributed by atoms with Gasteiger partial charge in [0.1, 0.15) is 0 Å². The van der Waals surface area contributed by atoms with Crippen LogP contribution in [0.15, 0.2) is 5.96 Å². The van der Waals surface area contributed by atoms with Crippen LogP contribution in [0, 0.1) is 0 Å². The van der Waals surface area contributed by atoms with Gasteiger partial charge in [0.05, 0.1) is 0 Å². The topological polar surface area (TPSA) is 0 Å². The molecule has 0 saturated heterocycles. The zero-order chi connectivity index (χ0) is 10.6. The summed E-state index contributed by atoms with van der Waals surface area (Å²) in [6.45, 7) is 11.4. The molecule has 15 heavy (non-hydrogen) atoms. The third-order valence-corrected chi connectivity index (χ3v) is 3.09. The van der Waals surface area contributed by atoms with E-state index in [-0.39, 0.29) is 29.6 Å². The summed E-state index contributed by atoms with van der Waals surface area (Å²) in [7, 11) is 0. The Morgan fingerprint density at radius 2 is 1.47 bits per heavy atom. The average Bonchev–Trinajstić information content (AvgIpc) is 2.26. The number of rotatable bonds is 4. The van der Waals surface area contributed by atoms with Crippen molar-refractivity contribution in [2.45, 2.75) is 53.4 Å². The normalized spacial score (nSPS) is 9.60. The van der Waals surface area contributed by atoms with Crippen LogP contribution >= 0.6 is 0 Å². The zero-order valence-electron chi connectivity index (χ0n) is 9.98. The summed E-state index contributed by atoms with van der Waals surface area (Å²) in [5.41, 5.74) is 6.30. The van der Waals surface area contributed by atoms with Crippen molar-refractivity contribution in [3.8, 4) is 0 Å². The molecule has 0 fully saturated rings. The van der Waals surface area contributed by atoms with Crippen molar-refractivity contribution in [3.05, 3.63) is 28.1 Å². The standard InChI is InChI=1S/C13H21B.Na.H/c1-5-10-9-14-13(8-4)12(7-3)11(10)6-2;;/h9H,5-8H2,1-4H3;;. The molecule has 0 nitrogen and oxygen atoms in total. The van der Waals surface area contributed by atoms with E-state index < -0.39 is 0 Å². The Morgan fingerprint density at radius 1 is 0.867 bits per heavy atom. The Hall–Kier alpha value is 0.415. The molecule has 0 bridgehead atoms. The van der Waals surface area contributed by atoms with E-state index in [0.29, 0.717) is 0 Å². The van der Waals surface area contributed by atoms with Crippen molar-refractivity contribution < 1.29 is 0 Å². The summed E-state index contributed by atoms with van der Waals surface area (Å²) in [4.78, 5) is 0. The van der Waals surface area contributed by atoms with Crippen molar-refractivity contribution >= 4 is 36.5 Å². The molecule has 0 N–H and O–H groups in total. The number of aryl methyl sites for hydroxylation is 2. The van der Waals surface area contributed by atoms with E-state index in [1.165, 1.54) is 25.7 Å². The van der Waals surface area contributed by atoms with Crippen LogP contribution in [-0.2, 0) is 25.7 Å². The summed E-state index contributed by atoms with van der Waals surface area (Å²) < 4.78 is 0. The molecule has 1 aromatic rings. The molecule has 1 heterocycles. The molecule has 0 aliphatic heterocycles. The Labute approximate surface area is 117 Å². The van der Waals surface area contributed by atoms with E-state index in [2.05, 4.69) is 40.6 Å². The molecule has 0 spiro atoms. The van der Waals surface area contributed by atoms with E-state index in [9.17, 15) is 0 Å². The average molecular weight is 212 g/mol. The fraction of sp³-hybridized carbons (Fsp3) is 0.615. The SMILES string of the molecule is CCc1bcc(CC)c(CC)c1CC.[NaH]. The van der Waals surface area contributed by atoms with Gasteiger partial charge in [-0.1, -0.05) is 0 Å². The van der Waals surface area contributed by atoms with Gasteiger partial charge in [0, 0.05) is 0 Å². The Balaban J connectivity index is 0.00000196. The van der Waals surface area contributed by atoms with Crippen LogP contribution < -0.4 is 0 Å². The monoisotopic (exact) mass is 212 g/mol. The molecule has 0 amide bonds. The van der Waals surface area contributed by atoms with Crippen molar-refractivity contribution in [2.24, 2.45) is 0 Å². The molecule has 1 aromatic heterocycles. The van der Waals surface area contributed by atoms with Gasteiger partial charge in [0.25, 0.3) is 0 Å². The van der Waals surface area contributed by atoms with Crippen LogP contribution in [0.2, 0.25) is 0 Å². The first-order chi connectivity index (χ1) is 6.78. The van der Waals surface area contributed by atoms with Crippen LogP contribution in [0.3, 0.4) is 0 Å². The predicted octanol–water partition coefficient (Wildman–Crippen LogP) is 2.63. The quantitative estimate of drug-likeness (QED) is 0.673. The van der Waals surface area contributed by atoms with Crippen LogP contribution in [0.25, 0.3) is 0 Å². The summed E-state index contributed by atoms with van der Waals surface area (Å²) in [6.07, 6.45) is 4.70. The molecule has 0 aromatic carbocycles. The van der Waals surface area contributed by atoms with Gasteiger partial charge in [0.2, 0.25) is 0 Å². The van der Waals surface area contributed by atoms with Gasteiger partial charge in [-0.3, -0.25) is 0 Å². The minimum absolute atomic E-state index is 0. The number of hydrogen-bond acceptors (Lipinski definition) is 0. The molecule has 0 aliphatic carbocycles. The summed E-state index contributed by atoms with van der Waals surface area (Å²) in [5, 5.41) is 0. The summed E-state index contributed by atoms with van der Waals surface area (Å²) >= 11 is 0. The molecular weight excluding hydrogens is 190 g/mol. The molecule has 0 saturated carbocycles. The second kappa shape index (κ2) is 7.65. The second-order valence-electron chi connectivity index (χ2n) is 3.76. The van der Waals surface area contributed by atoms with Crippen LogP contribution in [0.5, 0.6) is 0 Å². The second-order valence-corrected chi connectivity index (χ2v) is 3.76. The Bertz CT molecular complexity index is 277. The van der Waals surface area contributed by atoms with Crippen LogP contribution in [-0.4, -0.2) is 36.5 Å². The zero-order valence-corrected chi connectivity index (χ0v) is 9.98. The van der Waals surface area contributed by atoms with E-state index in [4.69, 9.17) is 0 Å². The summed E-state index contributed by atoms with van der Waals surface area (Å²) in [6, 6.07) is 0. The molecule has 78 valence electrons. The van der Waals surface area contributed by atoms with E-state index in [1.54, 1.807) is 22.1 Å². The fourth-order valence-corrected chi connectivity index (χ4v) is 2.33. The van der Waals surface area contributed by atoms with E-state index >= 15 is 0 Å². The molecular formula is C13H22BNa. The van der Waals surface area contributed by atoms with E-state index in [0.717, 1.165) is 0 Å². The van der Waals surface area contributed by atoms with Gasteiger partial charge in [-0.25, -0.2) is 0 Å². The Kier molecular flexibility index (Phi) is 7.86. The third kappa shape index (κ3) is 3.44. The van der Waals surface area contributed by atoms with Crippen LogP contribution in [0.1, 0.15) is 49.8 Å². The number of hydrogen-bond donors (Lipinski definition) is 0. The van der Waals surface area contributed by atoms with Crippen molar-refractivity contribution in [1.29, 1.82) is 0 Å². The van der Waals surface area contributed by atoms with Gasteiger partial charge < -0.3 is 0 Å².